The quantitative estimate of drug-likeness (QED) is 0.337. The van der Waals surface area contributed by atoms with Crippen LogP contribution >= 0.6 is 0 Å². The van der Waals surface area contributed by atoms with E-state index in [0.717, 1.165) is 16.1 Å². The molecule has 1 atom stereocenters. The highest BCUT2D eigenvalue weighted by molar-refractivity contribution is 7.92. The third kappa shape index (κ3) is 6.42. The Labute approximate surface area is 229 Å². The van der Waals surface area contributed by atoms with Gasteiger partial charge in [0.15, 0.2) is 0 Å². The fourth-order valence-electron chi connectivity index (χ4n) is 4.30. The van der Waals surface area contributed by atoms with Crippen molar-refractivity contribution in [1.82, 2.24) is 10.3 Å². The standard InChI is InChI=1S/C28H37N3O7S/c1-8-37-27(34)28(4,5)21(32)10-9-15-31(39(7,35)36)24-18(3)16-20-22(25(33)29-6)23(38-26(20)30-24)19-13-11-17(2)12-14-19/h11-14,16,21,32H,8-10,15H2,1-7H3,(H,29,33). The van der Waals surface area contributed by atoms with Crippen LogP contribution in [0.2, 0.25) is 0 Å². The van der Waals surface area contributed by atoms with Crippen molar-refractivity contribution in [2.45, 2.75) is 53.6 Å². The summed E-state index contributed by atoms with van der Waals surface area (Å²) in [5.41, 5.74) is 1.56. The van der Waals surface area contributed by atoms with Crippen LogP contribution in [0.1, 0.15) is 55.1 Å². The Morgan fingerprint density at radius 3 is 2.41 bits per heavy atom. The van der Waals surface area contributed by atoms with Crippen LogP contribution in [0.4, 0.5) is 5.82 Å². The molecule has 10 nitrogen and oxygen atoms in total. The molecule has 0 fully saturated rings. The van der Waals surface area contributed by atoms with E-state index >= 15 is 0 Å². The fraction of sp³-hybridized carbons (Fsp3) is 0.464. The number of aliphatic hydroxyl groups excluding tert-OH is 1. The lowest BCUT2D eigenvalue weighted by Crippen LogP contribution is -2.39. The van der Waals surface area contributed by atoms with Crippen molar-refractivity contribution in [3.63, 3.8) is 0 Å². The SMILES string of the molecule is CCOC(=O)C(C)(C)C(O)CCCN(c1nc2oc(-c3ccc(C)cc3)c(C(=O)NC)c2cc1C)S(C)(=O)=O. The normalized spacial score (nSPS) is 12.8. The topological polar surface area (TPSA) is 139 Å². The van der Waals surface area contributed by atoms with E-state index in [9.17, 15) is 23.1 Å². The number of rotatable bonds is 11. The number of aryl methyl sites for hydroxylation is 2. The number of carbonyl (C=O) groups excluding carboxylic acids is 2. The Balaban J connectivity index is 1.99. The molecule has 0 aliphatic rings. The van der Waals surface area contributed by atoms with E-state index < -0.39 is 27.5 Å². The second-order valence-electron chi connectivity index (χ2n) is 10.2. The van der Waals surface area contributed by atoms with E-state index in [2.05, 4.69) is 10.3 Å². The second kappa shape index (κ2) is 11.7. The molecule has 39 heavy (non-hydrogen) atoms. The van der Waals surface area contributed by atoms with Gasteiger partial charge < -0.3 is 19.6 Å². The lowest BCUT2D eigenvalue weighted by molar-refractivity contribution is -0.160. The second-order valence-corrected chi connectivity index (χ2v) is 12.1. The first-order valence-corrected chi connectivity index (χ1v) is 14.6. The Hall–Kier alpha value is -3.44. The summed E-state index contributed by atoms with van der Waals surface area (Å²) in [6.45, 7) is 8.76. The molecule has 0 saturated heterocycles. The Morgan fingerprint density at radius 2 is 1.85 bits per heavy atom. The van der Waals surface area contributed by atoms with E-state index in [1.54, 1.807) is 33.8 Å². The van der Waals surface area contributed by atoms with E-state index in [-0.39, 0.29) is 43.4 Å². The number of furan rings is 1. The van der Waals surface area contributed by atoms with Crippen molar-refractivity contribution in [3.8, 4) is 11.3 Å². The highest BCUT2D eigenvalue weighted by Gasteiger charge is 2.37. The van der Waals surface area contributed by atoms with Crippen LogP contribution in [0.25, 0.3) is 22.4 Å². The molecule has 3 aromatic rings. The first kappa shape index (κ1) is 30.1. The molecule has 2 heterocycles. The van der Waals surface area contributed by atoms with Crippen molar-refractivity contribution >= 4 is 38.8 Å². The van der Waals surface area contributed by atoms with Crippen LogP contribution < -0.4 is 9.62 Å². The van der Waals surface area contributed by atoms with Crippen molar-refractivity contribution in [1.29, 1.82) is 0 Å². The molecule has 2 N–H and O–H groups in total. The van der Waals surface area contributed by atoms with Crippen molar-refractivity contribution in [3.05, 3.63) is 47.0 Å². The lowest BCUT2D eigenvalue weighted by atomic mass is 9.84. The number of sulfonamides is 1. The number of aromatic nitrogens is 1. The molecule has 0 radical (unpaired) electrons. The Kier molecular flexibility index (Phi) is 9.07. The molecule has 3 rings (SSSR count). The molecule has 2 aromatic heterocycles. The van der Waals surface area contributed by atoms with Gasteiger partial charge in [0.05, 0.1) is 35.3 Å². The smallest absolute Gasteiger partial charge is 0.314 e. The zero-order valence-corrected chi connectivity index (χ0v) is 24.3. The van der Waals surface area contributed by atoms with Gasteiger partial charge in [0, 0.05) is 19.2 Å². The number of nitrogens with one attached hydrogen (secondary N) is 1. The lowest BCUT2D eigenvalue weighted by Gasteiger charge is -2.29. The highest BCUT2D eigenvalue weighted by atomic mass is 32.2. The number of anilines is 1. The van der Waals surface area contributed by atoms with Gasteiger partial charge in [-0.2, -0.15) is 4.98 Å². The zero-order valence-electron chi connectivity index (χ0n) is 23.5. The summed E-state index contributed by atoms with van der Waals surface area (Å²) in [6.07, 6.45) is 0.462. The number of esters is 1. The van der Waals surface area contributed by atoms with Gasteiger partial charge in [-0.05, 0) is 59.1 Å². The molecule has 0 bridgehead atoms. The minimum absolute atomic E-state index is 0.0158. The summed E-state index contributed by atoms with van der Waals surface area (Å²) in [5, 5.41) is 13.8. The van der Waals surface area contributed by atoms with Gasteiger partial charge >= 0.3 is 5.97 Å². The van der Waals surface area contributed by atoms with Crippen LogP contribution in [-0.2, 0) is 19.6 Å². The maximum absolute atomic E-state index is 12.9. The summed E-state index contributed by atoms with van der Waals surface area (Å²) in [4.78, 5) is 29.6. The average Bonchev–Trinajstić information content (AvgIpc) is 3.23. The summed E-state index contributed by atoms with van der Waals surface area (Å²) in [7, 11) is -2.25. The zero-order chi connectivity index (χ0) is 29.1. The summed E-state index contributed by atoms with van der Waals surface area (Å²) < 4.78 is 37.9. The van der Waals surface area contributed by atoms with Gasteiger partial charge in [0.2, 0.25) is 15.7 Å². The Bertz CT molecular complexity index is 1460. The number of nitrogens with zero attached hydrogens (tertiary/aromatic N) is 2. The molecule has 0 aliphatic heterocycles. The third-order valence-corrected chi connectivity index (χ3v) is 7.88. The molecule has 11 heteroatoms. The third-order valence-electron chi connectivity index (χ3n) is 6.72. The molecule has 212 valence electrons. The monoisotopic (exact) mass is 559 g/mol. The fourth-order valence-corrected chi connectivity index (χ4v) is 5.26. The number of pyridine rings is 1. The van der Waals surface area contributed by atoms with Crippen molar-refractivity contribution in [2.75, 3.05) is 30.8 Å². The van der Waals surface area contributed by atoms with Gasteiger partial charge in [0.25, 0.3) is 5.91 Å². The van der Waals surface area contributed by atoms with Crippen LogP contribution in [0.3, 0.4) is 0 Å². The first-order chi connectivity index (χ1) is 18.2. The molecule has 1 aromatic carbocycles. The van der Waals surface area contributed by atoms with Gasteiger partial charge in [-0.1, -0.05) is 29.8 Å². The summed E-state index contributed by atoms with van der Waals surface area (Å²) in [5.74, 6) is -0.369. The van der Waals surface area contributed by atoms with Crippen LogP contribution in [0.5, 0.6) is 0 Å². The molecular weight excluding hydrogens is 522 g/mol. The summed E-state index contributed by atoms with van der Waals surface area (Å²) in [6, 6.07) is 9.20. The molecule has 1 amide bonds. The van der Waals surface area contributed by atoms with Crippen LogP contribution in [0.15, 0.2) is 34.7 Å². The number of carbonyl (C=O) groups is 2. The van der Waals surface area contributed by atoms with E-state index in [1.807, 2.05) is 31.2 Å². The van der Waals surface area contributed by atoms with Gasteiger partial charge in [-0.3, -0.25) is 13.9 Å². The van der Waals surface area contributed by atoms with Gasteiger partial charge in [-0.25, -0.2) is 8.42 Å². The largest absolute Gasteiger partial charge is 0.466 e. The highest BCUT2D eigenvalue weighted by Crippen LogP contribution is 2.36. The summed E-state index contributed by atoms with van der Waals surface area (Å²) >= 11 is 0. The number of ether oxygens (including phenoxy) is 1. The first-order valence-electron chi connectivity index (χ1n) is 12.8. The molecule has 0 saturated carbocycles. The van der Waals surface area contributed by atoms with E-state index in [4.69, 9.17) is 9.15 Å². The molecule has 0 spiro atoms. The maximum Gasteiger partial charge on any atom is 0.314 e. The van der Waals surface area contributed by atoms with Gasteiger partial charge in [-0.15, -0.1) is 0 Å². The number of hydrogen-bond acceptors (Lipinski definition) is 8. The Morgan fingerprint density at radius 1 is 1.21 bits per heavy atom. The molecule has 1 unspecified atom stereocenters. The maximum atomic E-state index is 12.9. The molecule has 0 aliphatic carbocycles. The minimum Gasteiger partial charge on any atom is -0.466 e. The average molecular weight is 560 g/mol. The number of hydrogen-bond donors (Lipinski definition) is 2. The minimum atomic E-state index is -3.77. The van der Waals surface area contributed by atoms with Gasteiger partial charge in [0.1, 0.15) is 11.6 Å². The predicted octanol–water partition coefficient (Wildman–Crippen LogP) is 3.97. The predicted molar refractivity (Wildman–Crippen MR) is 150 cm³/mol. The van der Waals surface area contributed by atoms with Crippen LogP contribution in [-0.4, -0.2) is 62.9 Å². The van der Waals surface area contributed by atoms with Crippen molar-refractivity contribution in [2.24, 2.45) is 5.41 Å². The number of fused-ring (bicyclic) bond motifs is 1. The number of aliphatic hydroxyl groups is 1. The number of amides is 1. The van der Waals surface area contributed by atoms with E-state index in [1.165, 1.54) is 7.05 Å². The number of benzene rings is 1. The molecular formula is C28H37N3O7S. The van der Waals surface area contributed by atoms with Crippen LogP contribution in [0, 0.1) is 19.3 Å². The van der Waals surface area contributed by atoms with E-state index in [0.29, 0.717) is 27.8 Å². The van der Waals surface area contributed by atoms with Crippen molar-refractivity contribution < 1.29 is 32.3 Å².